The van der Waals surface area contributed by atoms with Gasteiger partial charge < -0.3 is 24.3 Å². The molecule has 0 aromatic heterocycles. The van der Waals surface area contributed by atoms with Gasteiger partial charge in [0, 0.05) is 29.9 Å². The summed E-state index contributed by atoms with van der Waals surface area (Å²) in [6.45, 7) is 0.928. The summed E-state index contributed by atoms with van der Waals surface area (Å²) in [4.78, 5) is 0. The molecule has 0 saturated heterocycles. The lowest BCUT2D eigenvalue weighted by atomic mass is 10.2. The molecule has 0 bridgehead atoms. The largest absolute Gasteiger partial charge is 0.497 e. The molecule has 2 aromatic rings. The van der Waals surface area contributed by atoms with Gasteiger partial charge >= 0.3 is 0 Å². The van der Waals surface area contributed by atoms with Crippen LogP contribution in [0, 0.1) is 0 Å². The SMILES string of the molecule is COc1ccc(CNc2ccc3c(c2)OCO3)c(OC)c1.Cl. The van der Waals surface area contributed by atoms with Gasteiger partial charge in [-0.05, 0) is 24.3 Å². The van der Waals surface area contributed by atoms with Crippen molar-refractivity contribution in [3.8, 4) is 23.0 Å². The topological polar surface area (TPSA) is 49.0 Å². The van der Waals surface area contributed by atoms with E-state index in [0.717, 1.165) is 34.2 Å². The molecule has 1 aliphatic rings. The van der Waals surface area contributed by atoms with E-state index in [9.17, 15) is 0 Å². The first-order valence-electron chi connectivity index (χ1n) is 6.64. The first-order chi connectivity index (χ1) is 10.3. The van der Waals surface area contributed by atoms with Gasteiger partial charge in [0.05, 0.1) is 14.2 Å². The normalized spacial score (nSPS) is 11.5. The number of rotatable bonds is 5. The van der Waals surface area contributed by atoms with Crippen molar-refractivity contribution in [2.75, 3.05) is 26.3 Å². The predicted octanol–water partition coefficient (Wildman–Crippen LogP) is 3.47. The third-order valence-corrected chi connectivity index (χ3v) is 3.35. The van der Waals surface area contributed by atoms with E-state index < -0.39 is 0 Å². The highest BCUT2D eigenvalue weighted by Gasteiger charge is 2.13. The molecular weight excluding hydrogens is 306 g/mol. The predicted molar refractivity (Wildman–Crippen MR) is 86.7 cm³/mol. The Bertz CT molecular complexity index is 648. The van der Waals surface area contributed by atoms with Gasteiger partial charge in [-0.1, -0.05) is 0 Å². The lowest BCUT2D eigenvalue weighted by Gasteiger charge is -2.12. The summed E-state index contributed by atoms with van der Waals surface area (Å²) in [6, 6.07) is 11.6. The van der Waals surface area contributed by atoms with E-state index in [1.165, 1.54) is 0 Å². The summed E-state index contributed by atoms with van der Waals surface area (Å²) < 4.78 is 21.2. The second kappa shape index (κ2) is 7.13. The minimum Gasteiger partial charge on any atom is -0.497 e. The fourth-order valence-corrected chi connectivity index (χ4v) is 2.20. The first kappa shape index (κ1) is 16.1. The van der Waals surface area contributed by atoms with Crippen LogP contribution in [0.3, 0.4) is 0 Å². The Kier molecular flexibility index (Phi) is 5.22. The molecule has 0 unspecified atom stereocenters. The van der Waals surface area contributed by atoms with E-state index in [1.807, 2.05) is 36.4 Å². The smallest absolute Gasteiger partial charge is 0.231 e. The number of benzene rings is 2. The number of nitrogens with one attached hydrogen (secondary N) is 1. The van der Waals surface area contributed by atoms with Crippen LogP contribution in [0.5, 0.6) is 23.0 Å². The van der Waals surface area contributed by atoms with Gasteiger partial charge in [0.1, 0.15) is 11.5 Å². The highest BCUT2D eigenvalue weighted by molar-refractivity contribution is 5.85. The third-order valence-electron chi connectivity index (χ3n) is 3.35. The van der Waals surface area contributed by atoms with Crippen molar-refractivity contribution in [1.82, 2.24) is 0 Å². The highest BCUT2D eigenvalue weighted by atomic mass is 35.5. The molecule has 2 aromatic carbocycles. The molecule has 0 spiro atoms. The maximum Gasteiger partial charge on any atom is 0.231 e. The molecule has 1 heterocycles. The van der Waals surface area contributed by atoms with Crippen LogP contribution >= 0.6 is 12.4 Å². The number of hydrogen-bond acceptors (Lipinski definition) is 5. The van der Waals surface area contributed by atoms with Crippen molar-refractivity contribution < 1.29 is 18.9 Å². The van der Waals surface area contributed by atoms with Gasteiger partial charge in [-0.25, -0.2) is 0 Å². The Morgan fingerprint density at radius 3 is 2.59 bits per heavy atom. The zero-order chi connectivity index (χ0) is 14.7. The number of anilines is 1. The third kappa shape index (κ3) is 3.31. The van der Waals surface area contributed by atoms with Crippen molar-refractivity contribution >= 4 is 18.1 Å². The van der Waals surface area contributed by atoms with Crippen LogP contribution in [-0.4, -0.2) is 21.0 Å². The van der Waals surface area contributed by atoms with Crippen LogP contribution in [0.2, 0.25) is 0 Å². The average Bonchev–Trinajstić information content (AvgIpc) is 3.00. The van der Waals surface area contributed by atoms with Crippen molar-refractivity contribution in [3.63, 3.8) is 0 Å². The summed E-state index contributed by atoms with van der Waals surface area (Å²) in [6.07, 6.45) is 0. The average molecular weight is 324 g/mol. The van der Waals surface area contributed by atoms with Gasteiger partial charge in [-0.2, -0.15) is 0 Å². The molecule has 6 heteroatoms. The standard InChI is InChI=1S/C16H17NO4.ClH/c1-18-13-5-3-11(15(8-13)19-2)9-17-12-4-6-14-16(7-12)21-10-20-14;/h3-8,17H,9-10H2,1-2H3;1H. The molecule has 5 nitrogen and oxygen atoms in total. The Labute approximate surface area is 135 Å². The molecular formula is C16H18ClNO4. The van der Waals surface area contributed by atoms with E-state index in [-0.39, 0.29) is 19.2 Å². The molecule has 0 atom stereocenters. The fourth-order valence-electron chi connectivity index (χ4n) is 2.20. The molecule has 22 heavy (non-hydrogen) atoms. The number of halogens is 1. The van der Waals surface area contributed by atoms with Crippen molar-refractivity contribution in [3.05, 3.63) is 42.0 Å². The van der Waals surface area contributed by atoms with E-state index in [1.54, 1.807) is 14.2 Å². The van der Waals surface area contributed by atoms with Crippen LogP contribution in [-0.2, 0) is 6.54 Å². The van der Waals surface area contributed by atoms with Crippen molar-refractivity contribution in [1.29, 1.82) is 0 Å². The molecule has 1 N–H and O–H groups in total. The van der Waals surface area contributed by atoms with E-state index in [4.69, 9.17) is 18.9 Å². The number of methoxy groups -OCH3 is 2. The Balaban J connectivity index is 0.00000176. The summed E-state index contributed by atoms with van der Waals surface area (Å²) in [7, 11) is 3.29. The second-order valence-electron chi connectivity index (χ2n) is 4.60. The Hall–Kier alpha value is -2.27. The van der Waals surface area contributed by atoms with Crippen LogP contribution < -0.4 is 24.3 Å². The minimum absolute atomic E-state index is 0. The zero-order valence-electron chi connectivity index (χ0n) is 12.4. The lowest BCUT2D eigenvalue weighted by molar-refractivity contribution is 0.174. The molecule has 0 amide bonds. The van der Waals surface area contributed by atoms with E-state index in [2.05, 4.69) is 5.32 Å². The molecule has 0 saturated carbocycles. The molecule has 0 fully saturated rings. The minimum atomic E-state index is 0. The van der Waals surface area contributed by atoms with Gasteiger partial charge in [0.2, 0.25) is 6.79 Å². The monoisotopic (exact) mass is 323 g/mol. The van der Waals surface area contributed by atoms with Gasteiger partial charge in [0.15, 0.2) is 11.5 Å². The molecule has 118 valence electrons. The zero-order valence-corrected chi connectivity index (χ0v) is 13.2. The van der Waals surface area contributed by atoms with Gasteiger partial charge in [-0.3, -0.25) is 0 Å². The second-order valence-corrected chi connectivity index (χ2v) is 4.60. The van der Waals surface area contributed by atoms with Crippen LogP contribution in [0.15, 0.2) is 36.4 Å². The fraction of sp³-hybridized carbons (Fsp3) is 0.250. The number of hydrogen-bond donors (Lipinski definition) is 1. The maximum absolute atomic E-state index is 5.39. The lowest BCUT2D eigenvalue weighted by Crippen LogP contribution is -2.02. The summed E-state index contributed by atoms with van der Waals surface area (Å²) in [5, 5.41) is 3.35. The summed E-state index contributed by atoms with van der Waals surface area (Å²) in [5.74, 6) is 3.12. The van der Waals surface area contributed by atoms with Crippen LogP contribution in [0.4, 0.5) is 5.69 Å². The van der Waals surface area contributed by atoms with Crippen molar-refractivity contribution in [2.24, 2.45) is 0 Å². The number of fused-ring (bicyclic) bond motifs is 1. The van der Waals surface area contributed by atoms with Gasteiger partial charge in [0.25, 0.3) is 0 Å². The molecule has 3 rings (SSSR count). The van der Waals surface area contributed by atoms with Crippen LogP contribution in [0.25, 0.3) is 0 Å². The van der Waals surface area contributed by atoms with Gasteiger partial charge in [-0.15, -0.1) is 12.4 Å². The first-order valence-corrected chi connectivity index (χ1v) is 6.64. The highest BCUT2D eigenvalue weighted by Crippen LogP contribution is 2.34. The van der Waals surface area contributed by atoms with E-state index >= 15 is 0 Å². The van der Waals surface area contributed by atoms with Crippen molar-refractivity contribution in [2.45, 2.75) is 6.54 Å². The summed E-state index contributed by atoms with van der Waals surface area (Å²) in [5.41, 5.74) is 2.02. The Morgan fingerprint density at radius 1 is 1.00 bits per heavy atom. The summed E-state index contributed by atoms with van der Waals surface area (Å²) >= 11 is 0. The van der Waals surface area contributed by atoms with E-state index in [0.29, 0.717) is 6.54 Å². The Morgan fingerprint density at radius 2 is 1.82 bits per heavy atom. The molecule has 0 radical (unpaired) electrons. The molecule has 1 aliphatic heterocycles. The quantitative estimate of drug-likeness (QED) is 0.913. The molecule has 0 aliphatic carbocycles. The number of ether oxygens (including phenoxy) is 4. The maximum atomic E-state index is 5.39. The van der Waals surface area contributed by atoms with Crippen LogP contribution in [0.1, 0.15) is 5.56 Å².